The highest BCUT2D eigenvalue weighted by Gasteiger charge is 2.15. The van der Waals surface area contributed by atoms with Crippen LogP contribution in [0.25, 0.3) is 0 Å². The van der Waals surface area contributed by atoms with Crippen LogP contribution in [0.4, 0.5) is 4.39 Å². The number of rotatable bonds is 4. The molecule has 2 rings (SSSR count). The van der Waals surface area contributed by atoms with Crippen molar-refractivity contribution in [1.29, 1.82) is 0 Å². The molecule has 0 heterocycles. The molecule has 0 spiro atoms. The summed E-state index contributed by atoms with van der Waals surface area (Å²) in [6, 6.07) is 5.31. The molecule has 3 heteroatoms. The summed E-state index contributed by atoms with van der Waals surface area (Å²) in [6.45, 7) is 0.285. The zero-order valence-electron chi connectivity index (χ0n) is 9.42. The standard InChI is InChI=1S/C13H18FNS/c14-13-6-5-10(7-11(13)8-15)9-16-12-3-1-2-4-12/h5-7,12H,1-4,8-9,15H2. The van der Waals surface area contributed by atoms with Gasteiger partial charge in [-0.05, 0) is 24.5 Å². The van der Waals surface area contributed by atoms with E-state index in [0.29, 0.717) is 5.56 Å². The molecule has 1 saturated carbocycles. The molecular formula is C13H18FNS. The second-order valence-corrected chi connectivity index (χ2v) is 5.64. The van der Waals surface area contributed by atoms with E-state index >= 15 is 0 Å². The van der Waals surface area contributed by atoms with Crippen LogP contribution in [0.1, 0.15) is 36.8 Å². The monoisotopic (exact) mass is 239 g/mol. The van der Waals surface area contributed by atoms with Gasteiger partial charge in [-0.2, -0.15) is 11.8 Å². The smallest absolute Gasteiger partial charge is 0.127 e. The lowest BCUT2D eigenvalue weighted by Crippen LogP contribution is -2.01. The summed E-state index contributed by atoms with van der Waals surface area (Å²) in [5.41, 5.74) is 7.31. The zero-order chi connectivity index (χ0) is 11.4. The fourth-order valence-electron chi connectivity index (χ4n) is 2.14. The molecule has 0 aromatic heterocycles. The average molecular weight is 239 g/mol. The third-order valence-electron chi connectivity index (χ3n) is 3.12. The van der Waals surface area contributed by atoms with Gasteiger partial charge in [-0.3, -0.25) is 0 Å². The molecule has 1 aliphatic carbocycles. The van der Waals surface area contributed by atoms with Crippen molar-refractivity contribution in [3.05, 3.63) is 35.1 Å². The van der Waals surface area contributed by atoms with Gasteiger partial charge in [-0.15, -0.1) is 0 Å². The van der Waals surface area contributed by atoms with Crippen molar-refractivity contribution in [1.82, 2.24) is 0 Å². The number of nitrogens with two attached hydrogens (primary N) is 1. The molecule has 0 unspecified atom stereocenters. The van der Waals surface area contributed by atoms with Crippen molar-refractivity contribution in [2.45, 2.75) is 43.2 Å². The maximum Gasteiger partial charge on any atom is 0.127 e. The van der Waals surface area contributed by atoms with E-state index in [1.807, 2.05) is 23.9 Å². The summed E-state index contributed by atoms with van der Waals surface area (Å²) in [7, 11) is 0. The number of halogens is 1. The Morgan fingerprint density at radius 3 is 2.75 bits per heavy atom. The Hall–Kier alpha value is -0.540. The first-order valence-electron chi connectivity index (χ1n) is 5.88. The van der Waals surface area contributed by atoms with Crippen LogP contribution in [0, 0.1) is 5.82 Å². The van der Waals surface area contributed by atoms with Crippen molar-refractivity contribution in [2.24, 2.45) is 5.73 Å². The topological polar surface area (TPSA) is 26.0 Å². The van der Waals surface area contributed by atoms with Gasteiger partial charge in [0.05, 0.1) is 0 Å². The van der Waals surface area contributed by atoms with E-state index in [1.165, 1.54) is 37.3 Å². The Bertz CT molecular complexity index is 348. The largest absolute Gasteiger partial charge is 0.326 e. The molecule has 0 atom stereocenters. The van der Waals surface area contributed by atoms with Crippen LogP contribution in [0.2, 0.25) is 0 Å². The molecule has 16 heavy (non-hydrogen) atoms. The second kappa shape index (κ2) is 5.69. The van der Waals surface area contributed by atoms with Gasteiger partial charge >= 0.3 is 0 Å². The van der Waals surface area contributed by atoms with Crippen LogP contribution in [0.15, 0.2) is 18.2 Å². The Kier molecular flexibility index (Phi) is 4.24. The van der Waals surface area contributed by atoms with E-state index in [0.717, 1.165) is 11.0 Å². The quantitative estimate of drug-likeness (QED) is 0.870. The van der Waals surface area contributed by atoms with Crippen LogP contribution in [0.3, 0.4) is 0 Å². The molecule has 1 nitrogen and oxygen atoms in total. The van der Waals surface area contributed by atoms with Crippen LogP contribution in [0.5, 0.6) is 0 Å². The van der Waals surface area contributed by atoms with Crippen molar-refractivity contribution in [2.75, 3.05) is 0 Å². The van der Waals surface area contributed by atoms with Crippen LogP contribution in [-0.2, 0) is 12.3 Å². The maximum atomic E-state index is 13.2. The van der Waals surface area contributed by atoms with Gasteiger partial charge in [0.2, 0.25) is 0 Å². The molecule has 0 radical (unpaired) electrons. The molecule has 1 aromatic rings. The van der Waals surface area contributed by atoms with Crippen LogP contribution in [-0.4, -0.2) is 5.25 Å². The summed E-state index contributed by atoms with van der Waals surface area (Å²) in [4.78, 5) is 0. The lowest BCUT2D eigenvalue weighted by Gasteiger charge is -2.09. The number of hydrogen-bond acceptors (Lipinski definition) is 2. The van der Waals surface area contributed by atoms with E-state index in [-0.39, 0.29) is 12.4 Å². The molecule has 0 bridgehead atoms. The van der Waals surface area contributed by atoms with Crippen molar-refractivity contribution in [3.63, 3.8) is 0 Å². The molecule has 1 fully saturated rings. The Morgan fingerprint density at radius 1 is 1.31 bits per heavy atom. The van der Waals surface area contributed by atoms with Gasteiger partial charge in [0.25, 0.3) is 0 Å². The summed E-state index contributed by atoms with van der Waals surface area (Å²) >= 11 is 2.00. The van der Waals surface area contributed by atoms with Crippen LogP contribution >= 0.6 is 11.8 Å². The first-order valence-corrected chi connectivity index (χ1v) is 6.93. The molecule has 1 aromatic carbocycles. The Labute approximate surface area is 101 Å². The van der Waals surface area contributed by atoms with Crippen molar-refractivity contribution in [3.8, 4) is 0 Å². The first kappa shape index (κ1) is 11.9. The molecule has 1 aliphatic rings. The van der Waals surface area contributed by atoms with E-state index in [1.54, 1.807) is 0 Å². The van der Waals surface area contributed by atoms with Gasteiger partial charge in [0.15, 0.2) is 0 Å². The van der Waals surface area contributed by atoms with Gasteiger partial charge < -0.3 is 5.73 Å². The third-order valence-corrected chi connectivity index (χ3v) is 4.56. The molecule has 88 valence electrons. The minimum Gasteiger partial charge on any atom is -0.326 e. The Balaban J connectivity index is 1.93. The van der Waals surface area contributed by atoms with Gasteiger partial charge in [-0.25, -0.2) is 4.39 Å². The highest BCUT2D eigenvalue weighted by atomic mass is 32.2. The lowest BCUT2D eigenvalue weighted by molar-refractivity contribution is 0.610. The molecule has 2 N–H and O–H groups in total. The predicted octanol–water partition coefficient (Wildman–Crippen LogP) is 3.46. The minimum atomic E-state index is -0.183. The maximum absolute atomic E-state index is 13.2. The minimum absolute atomic E-state index is 0.183. The molecule has 0 aliphatic heterocycles. The summed E-state index contributed by atoms with van der Waals surface area (Å²) in [6.07, 6.45) is 5.43. The summed E-state index contributed by atoms with van der Waals surface area (Å²) in [5.74, 6) is 0.801. The number of hydrogen-bond donors (Lipinski definition) is 1. The number of thioether (sulfide) groups is 1. The van der Waals surface area contributed by atoms with Gasteiger partial charge in [-0.1, -0.05) is 25.0 Å². The van der Waals surface area contributed by atoms with Crippen molar-refractivity contribution < 1.29 is 4.39 Å². The SMILES string of the molecule is NCc1cc(CSC2CCCC2)ccc1F. The first-order chi connectivity index (χ1) is 7.79. The second-order valence-electron chi connectivity index (χ2n) is 4.35. The summed E-state index contributed by atoms with van der Waals surface area (Å²) in [5, 5.41) is 0.811. The van der Waals surface area contributed by atoms with Crippen molar-refractivity contribution >= 4 is 11.8 Å². The van der Waals surface area contributed by atoms with Gasteiger partial charge in [0.1, 0.15) is 5.82 Å². The fraction of sp³-hybridized carbons (Fsp3) is 0.538. The van der Waals surface area contributed by atoms with E-state index in [9.17, 15) is 4.39 Å². The highest BCUT2D eigenvalue weighted by Crippen LogP contribution is 2.31. The normalized spacial score (nSPS) is 16.9. The zero-order valence-corrected chi connectivity index (χ0v) is 10.2. The summed E-state index contributed by atoms with van der Waals surface area (Å²) < 4.78 is 13.2. The average Bonchev–Trinajstić information content (AvgIpc) is 2.81. The lowest BCUT2D eigenvalue weighted by atomic mass is 10.1. The van der Waals surface area contributed by atoms with Crippen LogP contribution < -0.4 is 5.73 Å². The number of benzene rings is 1. The molecular weight excluding hydrogens is 221 g/mol. The third kappa shape index (κ3) is 2.98. The predicted molar refractivity (Wildman–Crippen MR) is 67.8 cm³/mol. The molecule has 0 amide bonds. The Morgan fingerprint density at radius 2 is 2.06 bits per heavy atom. The van der Waals surface area contributed by atoms with Gasteiger partial charge in [0, 0.05) is 23.1 Å². The van der Waals surface area contributed by atoms with E-state index in [4.69, 9.17) is 5.73 Å². The fourth-order valence-corrected chi connectivity index (χ4v) is 3.42. The molecule has 0 saturated heterocycles. The highest BCUT2D eigenvalue weighted by molar-refractivity contribution is 7.99. The van der Waals surface area contributed by atoms with E-state index in [2.05, 4.69) is 0 Å². The van der Waals surface area contributed by atoms with E-state index < -0.39 is 0 Å².